The van der Waals surface area contributed by atoms with Crippen LogP contribution in [0.4, 0.5) is 14.5 Å². The summed E-state index contributed by atoms with van der Waals surface area (Å²) in [7, 11) is 1.70. The second kappa shape index (κ2) is 7.87. The van der Waals surface area contributed by atoms with Gasteiger partial charge in [0.25, 0.3) is 11.8 Å². The summed E-state index contributed by atoms with van der Waals surface area (Å²) in [4.78, 5) is 27.0. The zero-order chi connectivity index (χ0) is 21.4. The number of hydrogen-bond donors (Lipinski definition) is 1. The van der Waals surface area contributed by atoms with Crippen molar-refractivity contribution in [1.29, 1.82) is 0 Å². The van der Waals surface area contributed by atoms with E-state index in [4.69, 9.17) is 11.6 Å². The van der Waals surface area contributed by atoms with Crippen molar-refractivity contribution >= 4 is 29.1 Å². The highest BCUT2D eigenvalue weighted by Gasteiger charge is 2.33. The van der Waals surface area contributed by atoms with Gasteiger partial charge in [0.1, 0.15) is 11.6 Å². The van der Waals surface area contributed by atoms with Gasteiger partial charge in [-0.15, -0.1) is 0 Å². The minimum Gasteiger partial charge on any atom is -0.343 e. The molecule has 0 radical (unpaired) electrons. The Morgan fingerprint density at radius 2 is 1.87 bits per heavy atom. The molecule has 0 fully saturated rings. The molecule has 1 aliphatic heterocycles. The van der Waals surface area contributed by atoms with Crippen LogP contribution in [0.2, 0.25) is 5.02 Å². The minimum absolute atomic E-state index is 0.0964. The fourth-order valence-electron chi connectivity index (χ4n) is 3.63. The summed E-state index contributed by atoms with van der Waals surface area (Å²) in [6.45, 7) is 0.239. The molecule has 1 aliphatic rings. The number of anilines is 1. The van der Waals surface area contributed by atoms with Crippen molar-refractivity contribution in [1.82, 2.24) is 15.1 Å². The van der Waals surface area contributed by atoms with Crippen LogP contribution in [-0.4, -0.2) is 28.1 Å². The fourth-order valence-corrected chi connectivity index (χ4v) is 3.85. The van der Waals surface area contributed by atoms with E-state index in [1.54, 1.807) is 36.0 Å². The normalized spacial score (nSPS) is 15.6. The standard InChI is InChI=1S/C21H17ClF2N4O2/c1-27-19-17(26-20(29)15-4-2-3-5-16(15)22)6-7-28(18(19)11-25-27)21(30)12-8-13(23)10-14(24)9-12/h2-5,8-11,17H,6-7H2,1H3,(H,26,29). The molecule has 2 aromatic carbocycles. The first-order chi connectivity index (χ1) is 14.3. The van der Waals surface area contributed by atoms with Crippen LogP contribution in [0.25, 0.3) is 0 Å². The van der Waals surface area contributed by atoms with Crippen LogP contribution in [0.1, 0.15) is 38.9 Å². The number of halogens is 3. The lowest BCUT2D eigenvalue weighted by Gasteiger charge is -2.32. The average molecular weight is 431 g/mol. The number of nitrogens with zero attached hydrogens (tertiary/aromatic N) is 3. The van der Waals surface area contributed by atoms with Gasteiger partial charge in [-0.2, -0.15) is 5.10 Å². The van der Waals surface area contributed by atoms with Crippen LogP contribution in [-0.2, 0) is 7.05 Å². The number of rotatable bonds is 3. The topological polar surface area (TPSA) is 67.2 Å². The second-order valence-electron chi connectivity index (χ2n) is 6.95. The molecule has 2 heterocycles. The van der Waals surface area contributed by atoms with Crippen LogP contribution < -0.4 is 10.2 Å². The molecule has 154 valence electrons. The van der Waals surface area contributed by atoms with Gasteiger partial charge in [-0.25, -0.2) is 8.78 Å². The van der Waals surface area contributed by atoms with Crippen molar-refractivity contribution in [2.24, 2.45) is 7.05 Å². The molecule has 2 amide bonds. The molecule has 9 heteroatoms. The molecule has 1 atom stereocenters. The fraction of sp³-hybridized carbons (Fsp3) is 0.190. The van der Waals surface area contributed by atoms with Crippen LogP contribution in [0.5, 0.6) is 0 Å². The first-order valence-electron chi connectivity index (χ1n) is 9.20. The summed E-state index contributed by atoms with van der Waals surface area (Å²) in [6, 6.07) is 8.99. The van der Waals surface area contributed by atoms with E-state index in [-0.39, 0.29) is 18.0 Å². The number of carbonyl (C=O) groups excluding carboxylic acids is 2. The van der Waals surface area contributed by atoms with Crippen molar-refractivity contribution in [2.75, 3.05) is 11.4 Å². The molecule has 0 saturated heterocycles. The molecule has 1 aromatic heterocycles. The van der Waals surface area contributed by atoms with Crippen LogP contribution in [0.3, 0.4) is 0 Å². The molecule has 3 aromatic rings. The van der Waals surface area contributed by atoms with Crippen LogP contribution in [0.15, 0.2) is 48.7 Å². The van der Waals surface area contributed by atoms with E-state index < -0.39 is 23.6 Å². The minimum atomic E-state index is -0.827. The number of nitrogens with one attached hydrogen (secondary N) is 1. The van der Waals surface area contributed by atoms with E-state index in [0.29, 0.717) is 34.5 Å². The van der Waals surface area contributed by atoms with Gasteiger partial charge in [-0.3, -0.25) is 14.3 Å². The Labute approximate surface area is 176 Å². The zero-order valence-corrected chi connectivity index (χ0v) is 16.7. The highest BCUT2D eigenvalue weighted by Crippen LogP contribution is 2.34. The molecule has 30 heavy (non-hydrogen) atoms. The van der Waals surface area contributed by atoms with Gasteiger partial charge in [0.15, 0.2) is 0 Å². The summed E-state index contributed by atoms with van der Waals surface area (Å²) >= 11 is 6.11. The van der Waals surface area contributed by atoms with Crippen molar-refractivity contribution in [3.63, 3.8) is 0 Å². The number of carbonyl (C=O) groups is 2. The lowest BCUT2D eigenvalue weighted by Crippen LogP contribution is -2.41. The third kappa shape index (κ3) is 3.66. The summed E-state index contributed by atoms with van der Waals surface area (Å²) in [5.74, 6) is -2.54. The van der Waals surface area contributed by atoms with Gasteiger partial charge in [-0.05, 0) is 30.7 Å². The Bertz CT molecular complexity index is 1130. The molecule has 6 nitrogen and oxygen atoms in total. The number of aryl methyl sites for hydroxylation is 1. The predicted octanol–water partition coefficient (Wildman–Crippen LogP) is 3.87. The highest BCUT2D eigenvalue weighted by molar-refractivity contribution is 6.33. The van der Waals surface area contributed by atoms with Crippen molar-refractivity contribution in [3.8, 4) is 0 Å². The van der Waals surface area contributed by atoms with E-state index in [2.05, 4.69) is 10.4 Å². The lowest BCUT2D eigenvalue weighted by atomic mass is 10.0. The maximum Gasteiger partial charge on any atom is 0.258 e. The Hall–Kier alpha value is -3.26. The number of benzene rings is 2. The van der Waals surface area contributed by atoms with Crippen molar-refractivity contribution in [3.05, 3.63) is 82.1 Å². The van der Waals surface area contributed by atoms with Gasteiger partial charge in [0, 0.05) is 25.2 Å². The summed E-state index contributed by atoms with van der Waals surface area (Å²) in [5, 5.41) is 7.47. The zero-order valence-electron chi connectivity index (χ0n) is 15.9. The molecule has 4 rings (SSSR count). The third-order valence-corrected chi connectivity index (χ3v) is 5.33. The molecular weight excluding hydrogens is 414 g/mol. The Kier molecular flexibility index (Phi) is 5.26. The van der Waals surface area contributed by atoms with Gasteiger partial charge in [0.05, 0.1) is 34.2 Å². The highest BCUT2D eigenvalue weighted by atomic mass is 35.5. The van der Waals surface area contributed by atoms with E-state index in [9.17, 15) is 18.4 Å². The Morgan fingerprint density at radius 1 is 1.17 bits per heavy atom. The monoisotopic (exact) mass is 430 g/mol. The lowest BCUT2D eigenvalue weighted by molar-refractivity contribution is 0.0931. The molecule has 1 unspecified atom stereocenters. The quantitative estimate of drug-likeness (QED) is 0.685. The Morgan fingerprint density at radius 3 is 2.57 bits per heavy atom. The first kappa shape index (κ1) is 20.0. The molecule has 0 spiro atoms. The van der Waals surface area contributed by atoms with E-state index in [1.807, 2.05) is 0 Å². The maximum atomic E-state index is 13.6. The van der Waals surface area contributed by atoms with Gasteiger partial charge in [0.2, 0.25) is 0 Å². The van der Waals surface area contributed by atoms with Gasteiger partial charge >= 0.3 is 0 Å². The van der Waals surface area contributed by atoms with Gasteiger partial charge in [-0.1, -0.05) is 23.7 Å². The van der Waals surface area contributed by atoms with Crippen molar-refractivity contribution < 1.29 is 18.4 Å². The predicted molar refractivity (Wildman–Crippen MR) is 108 cm³/mol. The molecule has 0 saturated carbocycles. The number of hydrogen-bond acceptors (Lipinski definition) is 3. The summed E-state index contributed by atoms with van der Waals surface area (Å²) in [5.41, 5.74) is 1.34. The molecule has 1 N–H and O–H groups in total. The van der Waals surface area contributed by atoms with E-state index in [1.165, 1.54) is 11.1 Å². The Balaban J connectivity index is 1.63. The molecule has 0 aliphatic carbocycles. The van der Waals surface area contributed by atoms with Crippen molar-refractivity contribution in [2.45, 2.75) is 12.5 Å². The average Bonchev–Trinajstić information content (AvgIpc) is 3.09. The number of aromatic nitrogens is 2. The summed E-state index contributed by atoms with van der Waals surface area (Å²) < 4.78 is 28.7. The SMILES string of the molecule is Cn1ncc2c1C(NC(=O)c1ccccc1Cl)CCN2C(=O)c1cc(F)cc(F)c1. The van der Waals surface area contributed by atoms with Crippen LogP contribution in [0, 0.1) is 11.6 Å². The smallest absolute Gasteiger partial charge is 0.258 e. The number of amides is 2. The van der Waals surface area contributed by atoms with E-state index >= 15 is 0 Å². The second-order valence-corrected chi connectivity index (χ2v) is 7.36. The largest absolute Gasteiger partial charge is 0.343 e. The first-order valence-corrected chi connectivity index (χ1v) is 9.58. The van der Waals surface area contributed by atoms with Crippen LogP contribution >= 0.6 is 11.6 Å². The third-order valence-electron chi connectivity index (χ3n) is 5.01. The number of fused-ring (bicyclic) bond motifs is 1. The van der Waals surface area contributed by atoms with E-state index in [0.717, 1.165) is 12.1 Å². The molecular formula is C21H17ClF2N4O2. The molecule has 0 bridgehead atoms. The van der Waals surface area contributed by atoms with Gasteiger partial charge < -0.3 is 10.2 Å². The maximum absolute atomic E-state index is 13.6. The summed E-state index contributed by atoms with van der Waals surface area (Å²) in [6.07, 6.45) is 1.89.